The maximum atomic E-state index is 12.7. The molecule has 1 heterocycles. The number of ether oxygens (including phenoxy) is 6. The topological polar surface area (TPSA) is 271 Å². The van der Waals surface area contributed by atoms with Gasteiger partial charge in [-0.2, -0.15) is 0 Å². The van der Waals surface area contributed by atoms with E-state index in [0.29, 0.717) is 131 Å². The van der Waals surface area contributed by atoms with Gasteiger partial charge in [-0.25, -0.2) is 4.79 Å². The molecule has 21 rings (SSSR count). The third kappa shape index (κ3) is 19.9. The third-order valence-corrected chi connectivity index (χ3v) is 49.8. The monoisotopic (exact) mass is 1970 g/mol. The second kappa shape index (κ2) is 41.7. The summed E-state index contributed by atoms with van der Waals surface area (Å²) in [5.41, 5.74) is -0.652. The minimum absolute atomic E-state index is 0.0219. The number of amides is 1. The summed E-state index contributed by atoms with van der Waals surface area (Å²) in [5, 5.41) is 56.7. The second-order valence-corrected chi connectivity index (χ2v) is 56.8. The molecule has 1 unspecified atom stereocenters. The van der Waals surface area contributed by atoms with Crippen LogP contribution in [-0.4, -0.2) is 162 Å². The molecule has 18 heteroatoms. The van der Waals surface area contributed by atoms with Crippen LogP contribution in [0.2, 0.25) is 0 Å². The molecule has 0 bridgehead atoms. The fraction of sp³-hybridized carbons (Fsp3) is 0.951. The molecule has 20 saturated carbocycles. The lowest BCUT2D eigenvalue weighted by Gasteiger charge is -2.62. The fourth-order valence-corrected chi connectivity index (χ4v) is 43.3. The molecule has 18 nitrogen and oxygen atoms in total. The van der Waals surface area contributed by atoms with Gasteiger partial charge < -0.3 is 59.3 Å². The summed E-state index contributed by atoms with van der Waals surface area (Å²) >= 11 is 0. The van der Waals surface area contributed by atoms with E-state index >= 15 is 0 Å². The molecule has 0 spiro atoms. The van der Waals surface area contributed by atoms with Crippen LogP contribution >= 0.6 is 0 Å². The Morgan fingerprint density at radius 3 is 0.844 bits per heavy atom. The molecule has 0 radical (unpaired) electrons. The standard InChI is InChI=1S/C27H44O4.C25H41NO4.2C24H40O3.C23H38O3/c1-18(28)21-9-10-22-20-8-7-19-16-25(2,29)13-14-27(19,23(20)11-12-26(21,22)3)17-31-24-6-4-5-15-30-24;1-5-26-22(28)30-15-25-13-12-23(3,29)14-17(25)6-7-18-20-9-8-19(16(2)27)24(20,4)11-10-21(18)25;1-5-21(25)20-9-8-18-17-7-6-16-14-22(2,26)12-13-24(16,15-27-4)19(17)10-11-23(18,20)3;1-5-27-15-24-13-12-22(3,26)14-17(24)6-7-18-20-9-8-19(16(2)25)23(20,4)11-10-21(18)24;1-15(24)18-7-8-19-17-6-5-16-13-21(2,25)11-12-23(16,14-26-4)20(17)9-10-22(18,19)3/h19-24,29H,4-17H2,1-3H3;17-21,29H,5-15H2,1-4H3,(H,26,28);16-20,26H,5-15H2,1-4H3;17-21,26H,5-15H2,1-4H3;16-20,25H,5-14H2,1-4H3/t19-,20-,21+,22-,23-,24?,25+,26+,27+;17-,18-,19+,20-,21-,23+,24+,25+;16-,17-,18-,19-,20+,22+,23-,24+;17-,18-,19+,20-,21-,22+,23+,24+;16-,17-,18+,19-,20-,21+,22+,23+/m00000/s1. The fourth-order valence-electron chi connectivity index (χ4n) is 43.3. The van der Waals surface area contributed by atoms with E-state index in [9.17, 15) is 54.3 Å². The third-order valence-electron chi connectivity index (χ3n) is 49.8. The highest BCUT2D eigenvalue weighted by Crippen LogP contribution is 2.76. The van der Waals surface area contributed by atoms with Crippen molar-refractivity contribution in [1.29, 1.82) is 0 Å². The minimum Gasteiger partial charge on any atom is -0.449 e. The van der Waals surface area contributed by atoms with E-state index in [1.54, 1.807) is 6.92 Å². The van der Waals surface area contributed by atoms with Gasteiger partial charge >= 0.3 is 6.09 Å². The maximum Gasteiger partial charge on any atom is 0.407 e. The molecule has 41 atom stereocenters. The van der Waals surface area contributed by atoms with Gasteiger partial charge in [0.25, 0.3) is 0 Å². The highest BCUT2D eigenvalue weighted by Gasteiger charge is 2.71. The number of carbonyl (C=O) groups excluding carboxylic acids is 6. The van der Waals surface area contributed by atoms with E-state index in [2.05, 4.69) is 46.9 Å². The zero-order valence-electron chi connectivity index (χ0n) is 92.5. The van der Waals surface area contributed by atoms with Crippen LogP contribution in [0.3, 0.4) is 0 Å². The van der Waals surface area contributed by atoms with Crippen LogP contribution in [0.1, 0.15) is 432 Å². The molecule has 1 amide bonds. The zero-order valence-corrected chi connectivity index (χ0v) is 92.5. The molecule has 802 valence electrons. The van der Waals surface area contributed by atoms with E-state index in [0.717, 1.165) is 248 Å². The van der Waals surface area contributed by atoms with Crippen molar-refractivity contribution in [1.82, 2.24) is 5.32 Å². The van der Waals surface area contributed by atoms with Crippen LogP contribution in [0.4, 0.5) is 4.79 Å². The average molecular weight is 1970 g/mol. The lowest BCUT2D eigenvalue weighted by Crippen LogP contribution is -2.58. The van der Waals surface area contributed by atoms with Gasteiger partial charge in [0, 0.05) is 75.4 Å². The number of nitrogens with one attached hydrogen (secondary N) is 1. The first kappa shape index (κ1) is 109. The van der Waals surface area contributed by atoms with Gasteiger partial charge in [0.1, 0.15) is 28.9 Å². The van der Waals surface area contributed by atoms with Crippen molar-refractivity contribution in [3.8, 4) is 0 Å². The normalized spacial score (nSPS) is 51.3. The quantitative estimate of drug-likeness (QED) is 0.0701. The molecule has 20 aliphatic carbocycles. The Morgan fingerprint density at radius 2 is 0.582 bits per heavy atom. The average Bonchev–Trinajstić information content (AvgIpc) is 1.71. The number of alkyl carbamates (subject to hydrolysis) is 1. The maximum absolute atomic E-state index is 12.7. The lowest BCUT2D eigenvalue weighted by atomic mass is 9.43. The Hall–Kier alpha value is -2.78. The van der Waals surface area contributed by atoms with Crippen LogP contribution in [0.25, 0.3) is 0 Å². The Kier molecular flexibility index (Phi) is 32.3. The first-order valence-electron chi connectivity index (χ1n) is 59.5. The van der Waals surface area contributed by atoms with E-state index < -0.39 is 28.0 Å². The Morgan fingerprint density at radius 1 is 0.305 bits per heavy atom. The number of carbonyl (C=O) groups is 6. The number of Topliss-reactive ketones (excluding diaryl/α,β-unsaturated/α-hetero) is 5. The van der Waals surface area contributed by atoms with Gasteiger partial charge in [-0.05, 0) is 551 Å². The van der Waals surface area contributed by atoms with Crippen molar-refractivity contribution in [3.05, 3.63) is 0 Å². The van der Waals surface area contributed by atoms with Crippen LogP contribution in [0.15, 0.2) is 0 Å². The largest absolute Gasteiger partial charge is 0.449 e. The second-order valence-electron chi connectivity index (χ2n) is 56.8. The summed E-state index contributed by atoms with van der Waals surface area (Å²) in [6, 6.07) is 0. The number of rotatable bonds is 19. The molecule has 0 aromatic rings. The number of hydrogen-bond donors (Lipinski definition) is 6. The molecule has 1 aliphatic heterocycles. The van der Waals surface area contributed by atoms with Gasteiger partial charge in [0.2, 0.25) is 0 Å². The van der Waals surface area contributed by atoms with Gasteiger partial charge in [-0.3, -0.25) is 24.0 Å². The van der Waals surface area contributed by atoms with Crippen molar-refractivity contribution in [2.24, 2.45) is 202 Å². The highest BCUT2D eigenvalue weighted by molar-refractivity contribution is 5.82. The first-order chi connectivity index (χ1) is 66.6. The minimum atomic E-state index is -0.608. The van der Waals surface area contributed by atoms with Crippen LogP contribution in [-0.2, 0) is 52.4 Å². The Labute approximate surface area is 853 Å². The van der Waals surface area contributed by atoms with Gasteiger partial charge in [-0.1, -0.05) is 41.5 Å². The van der Waals surface area contributed by atoms with Crippen molar-refractivity contribution in [2.45, 2.75) is 467 Å². The molecule has 0 aromatic heterocycles. The molecule has 1 saturated heterocycles. The molecule has 6 N–H and O–H groups in total. The van der Waals surface area contributed by atoms with Crippen molar-refractivity contribution in [3.63, 3.8) is 0 Å². The van der Waals surface area contributed by atoms with Crippen molar-refractivity contribution >= 4 is 35.0 Å². The number of hydrogen-bond acceptors (Lipinski definition) is 17. The smallest absolute Gasteiger partial charge is 0.407 e. The predicted octanol–water partition coefficient (Wildman–Crippen LogP) is 24.8. The number of ketones is 5. The summed E-state index contributed by atoms with van der Waals surface area (Å²) in [7, 11) is 3.72. The molecule has 141 heavy (non-hydrogen) atoms. The Bertz CT molecular complexity index is 4360. The van der Waals surface area contributed by atoms with E-state index in [1.807, 2.05) is 83.5 Å². The van der Waals surface area contributed by atoms with Gasteiger partial charge in [0.15, 0.2) is 6.29 Å². The summed E-state index contributed by atoms with van der Waals surface area (Å²) in [4.78, 5) is 74.3. The first-order valence-corrected chi connectivity index (χ1v) is 59.5. The van der Waals surface area contributed by atoms with Crippen LogP contribution in [0.5, 0.6) is 0 Å². The van der Waals surface area contributed by atoms with E-state index in [4.69, 9.17) is 28.4 Å². The zero-order chi connectivity index (χ0) is 101. The highest BCUT2D eigenvalue weighted by atomic mass is 16.7. The van der Waals surface area contributed by atoms with Crippen LogP contribution < -0.4 is 5.32 Å². The molecular weight excluding hydrogens is 1760 g/mol. The number of methoxy groups -OCH3 is 2. The molecule has 0 aromatic carbocycles. The molecule has 21 fully saturated rings. The van der Waals surface area contributed by atoms with Gasteiger partial charge in [0.05, 0.1) is 61.0 Å². The van der Waals surface area contributed by atoms with Gasteiger partial charge in [-0.15, -0.1) is 0 Å². The van der Waals surface area contributed by atoms with E-state index in [1.165, 1.54) is 141 Å². The summed E-state index contributed by atoms with van der Waals surface area (Å²) in [6.07, 6.45) is 54.1. The SMILES string of the molecule is CC(=O)[C@H]1CC[C@H]2[C@@H]3CC[C@H]4C[C@](C)(O)CC[C@]4(COC4CCCCO4)[C@H]3CC[C@]12C.CCC(=O)[C@H]1CC[C@H]2[C@@H]3CC[C@H]4C[C@](C)(O)CC[C@]4(COC)[C@H]3CC[C@]12C.CCNC(=O)OC[C@]12CC[C@@](C)(O)C[C@@H]1CC[C@H]1[C@@H]3CC[C@H](C(C)=O)[C@@]3(C)CC[C@@H]12.CCOC[C@]12CC[C@@](C)(O)C[C@@H]1CC[C@H]1[C@@H]3CC[C@H](C(C)=O)[C@@]3(C)CC[C@@H]12.COC[C@]12CC[C@@](C)(O)C[C@@H]1CC[C@H]1[C@@H]3CC[C@H](C(C)=O)[C@@]3(C)CC[C@@H]12. The predicted molar refractivity (Wildman–Crippen MR) is 554 cm³/mol. The van der Waals surface area contributed by atoms with Crippen molar-refractivity contribution < 1.29 is 82.7 Å². The van der Waals surface area contributed by atoms with E-state index in [-0.39, 0.29) is 90.2 Å². The summed E-state index contributed by atoms with van der Waals surface area (Å²) in [5.74, 6) is 16.7. The number of fused-ring (bicyclic) bond motifs is 25. The Balaban J connectivity index is 0.000000122. The summed E-state index contributed by atoms with van der Waals surface area (Å²) in [6.45, 7) is 41.6. The molecular formula is C123H203NO17. The van der Waals surface area contributed by atoms with Crippen LogP contribution in [0, 0.1) is 202 Å². The lowest BCUT2D eigenvalue weighted by molar-refractivity contribution is -0.226. The molecule has 21 aliphatic rings. The summed E-state index contributed by atoms with van der Waals surface area (Å²) < 4.78 is 36.1. The van der Waals surface area contributed by atoms with Crippen molar-refractivity contribution in [2.75, 3.05) is 67.0 Å². The number of aliphatic hydroxyl groups is 5.